The van der Waals surface area contributed by atoms with Crippen molar-refractivity contribution in [1.82, 2.24) is 14.8 Å². The predicted molar refractivity (Wildman–Crippen MR) is 117 cm³/mol. The van der Waals surface area contributed by atoms with Gasteiger partial charge in [-0.25, -0.2) is 4.98 Å². The smallest absolute Gasteiger partial charge is 0.271 e. The molecule has 0 spiro atoms. The second-order valence-corrected chi connectivity index (χ2v) is 8.15. The van der Waals surface area contributed by atoms with Crippen LogP contribution in [-0.4, -0.2) is 60.9 Å². The van der Waals surface area contributed by atoms with Gasteiger partial charge in [-0.15, -0.1) is 0 Å². The van der Waals surface area contributed by atoms with E-state index in [0.717, 1.165) is 44.5 Å². The third-order valence-electron chi connectivity index (χ3n) is 5.84. The maximum absolute atomic E-state index is 13.0. The fraction of sp³-hybridized carbons (Fsp3) is 0.458. The fourth-order valence-corrected chi connectivity index (χ4v) is 3.89. The van der Waals surface area contributed by atoms with E-state index in [1.807, 2.05) is 17.0 Å². The van der Waals surface area contributed by atoms with Gasteiger partial charge >= 0.3 is 0 Å². The van der Waals surface area contributed by atoms with E-state index in [2.05, 4.69) is 17.1 Å². The van der Waals surface area contributed by atoms with Crippen LogP contribution in [0.1, 0.15) is 51.4 Å². The maximum atomic E-state index is 13.0. The van der Waals surface area contributed by atoms with E-state index < -0.39 is 0 Å². The molecule has 0 aliphatic carbocycles. The second kappa shape index (κ2) is 9.74. The molecule has 2 aromatic rings. The van der Waals surface area contributed by atoms with Crippen molar-refractivity contribution >= 4 is 11.8 Å². The Morgan fingerprint density at radius 3 is 2.33 bits per heavy atom. The van der Waals surface area contributed by atoms with Crippen molar-refractivity contribution in [2.24, 2.45) is 5.92 Å². The number of carbonyl (C=O) groups excluding carboxylic acids is 2. The highest BCUT2D eigenvalue weighted by Gasteiger charge is 2.25. The highest BCUT2D eigenvalue weighted by atomic mass is 16.5. The molecule has 1 saturated heterocycles. The molecule has 2 heterocycles. The van der Waals surface area contributed by atoms with Gasteiger partial charge in [0.1, 0.15) is 11.4 Å². The number of methoxy groups -OCH3 is 1. The van der Waals surface area contributed by atoms with Crippen molar-refractivity contribution in [3.8, 4) is 5.75 Å². The largest absolute Gasteiger partial charge is 0.497 e. The topological polar surface area (TPSA) is 62.7 Å². The van der Waals surface area contributed by atoms with Crippen LogP contribution < -0.4 is 4.74 Å². The number of hydrogen-bond donors (Lipinski definition) is 0. The van der Waals surface area contributed by atoms with Crippen LogP contribution in [0.4, 0.5) is 0 Å². The summed E-state index contributed by atoms with van der Waals surface area (Å²) in [5.74, 6) is 1.37. The summed E-state index contributed by atoms with van der Waals surface area (Å²) in [6, 6.07) is 11.6. The molecular weight excluding hydrogens is 378 g/mol. The number of aromatic nitrogens is 1. The summed E-state index contributed by atoms with van der Waals surface area (Å²) in [6.45, 7) is 3.33. The van der Waals surface area contributed by atoms with Crippen LogP contribution in [0, 0.1) is 12.8 Å². The van der Waals surface area contributed by atoms with E-state index in [9.17, 15) is 9.59 Å². The van der Waals surface area contributed by atoms with Gasteiger partial charge in [0.25, 0.3) is 11.8 Å². The van der Waals surface area contributed by atoms with Gasteiger partial charge in [-0.05, 0) is 68.4 Å². The number of aryl methyl sites for hydroxylation is 2. The molecule has 0 bridgehead atoms. The number of amides is 2. The van der Waals surface area contributed by atoms with Gasteiger partial charge in [0, 0.05) is 27.2 Å². The molecule has 0 atom stereocenters. The summed E-state index contributed by atoms with van der Waals surface area (Å²) in [6.07, 6.45) is 4.22. The molecule has 6 heteroatoms. The number of likely N-dealkylation sites (tertiary alicyclic amines) is 1. The maximum Gasteiger partial charge on any atom is 0.271 e. The molecule has 1 aromatic heterocycles. The van der Waals surface area contributed by atoms with Crippen molar-refractivity contribution in [3.63, 3.8) is 0 Å². The molecule has 0 saturated carbocycles. The van der Waals surface area contributed by atoms with Crippen molar-refractivity contribution < 1.29 is 14.3 Å². The zero-order valence-corrected chi connectivity index (χ0v) is 18.4. The highest BCUT2D eigenvalue weighted by molar-refractivity contribution is 5.97. The molecule has 1 aliphatic heterocycles. The van der Waals surface area contributed by atoms with Gasteiger partial charge in [0.2, 0.25) is 0 Å². The highest BCUT2D eigenvalue weighted by Crippen LogP contribution is 2.24. The van der Waals surface area contributed by atoms with Gasteiger partial charge in [-0.1, -0.05) is 12.1 Å². The van der Waals surface area contributed by atoms with Crippen LogP contribution in [0.5, 0.6) is 5.75 Å². The SMILES string of the molecule is COc1ccc(CCC2CCN(C(=O)c3ccc(C(=O)N(C)C)nc3C)CC2)cc1. The molecule has 0 N–H and O–H groups in total. The zero-order valence-electron chi connectivity index (χ0n) is 18.4. The van der Waals surface area contributed by atoms with Gasteiger partial charge in [-0.3, -0.25) is 9.59 Å². The molecule has 3 rings (SSSR count). The predicted octanol–water partition coefficient (Wildman–Crippen LogP) is 3.59. The van der Waals surface area contributed by atoms with E-state index in [-0.39, 0.29) is 11.8 Å². The molecule has 160 valence electrons. The number of nitrogens with zero attached hydrogens (tertiary/aromatic N) is 3. The van der Waals surface area contributed by atoms with E-state index in [1.165, 1.54) is 10.5 Å². The number of ether oxygens (including phenoxy) is 1. The quantitative estimate of drug-likeness (QED) is 0.732. The summed E-state index contributed by atoms with van der Waals surface area (Å²) in [5, 5.41) is 0. The summed E-state index contributed by atoms with van der Waals surface area (Å²) in [4.78, 5) is 32.8. The summed E-state index contributed by atoms with van der Waals surface area (Å²) in [7, 11) is 5.06. The number of piperidine rings is 1. The molecule has 2 amide bonds. The lowest BCUT2D eigenvalue weighted by Crippen LogP contribution is -2.39. The third-order valence-corrected chi connectivity index (χ3v) is 5.84. The first-order valence-corrected chi connectivity index (χ1v) is 10.5. The van der Waals surface area contributed by atoms with Gasteiger partial charge in [-0.2, -0.15) is 0 Å². The Hall–Kier alpha value is -2.89. The second-order valence-electron chi connectivity index (χ2n) is 8.15. The average molecular weight is 410 g/mol. The molecule has 1 aromatic carbocycles. The molecule has 1 fully saturated rings. The van der Waals surface area contributed by atoms with Gasteiger partial charge < -0.3 is 14.5 Å². The number of pyridine rings is 1. The number of benzene rings is 1. The Balaban J connectivity index is 1.53. The van der Waals surface area contributed by atoms with E-state index in [0.29, 0.717) is 22.9 Å². The van der Waals surface area contributed by atoms with E-state index in [1.54, 1.807) is 40.3 Å². The molecule has 30 heavy (non-hydrogen) atoms. The lowest BCUT2D eigenvalue weighted by molar-refractivity contribution is 0.0684. The minimum Gasteiger partial charge on any atom is -0.497 e. The van der Waals surface area contributed by atoms with Gasteiger partial charge in [0.15, 0.2) is 0 Å². The van der Waals surface area contributed by atoms with Crippen LogP contribution in [0.25, 0.3) is 0 Å². The van der Waals surface area contributed by atoms with Gasteiger partial charge in [0.05, 0.1) is 18.4 Å². The first kappa shape index (κ1) is 21.8. The Labute approximate surface area is 178 Å². The normalized spacial score (nSPS) is 14.5. The Morgan fingerprint density at radius 1 is 1.10 bits per heavy atom. The lowest BCUT2D eigenvalue weighted by Gasteiger charge is -2.32. The third kappa shape index (κ3) is 5.17. The molecule has 0 radical (unpaired) electrons. The molecular formula is C24H31N3O3. The average Bonchev–Trinajstić information content (AvgIpc) is 2.77. The monoisotopic (exact) mass is 409 g/mol. The standard InChI is InChI=1S/C24H31N3O3/c1-17-21(11-12-22(25-17)24(29)26(2)3)23(28)27-15-13-19(14-16-27)6-5-18-7-9-20(30-4)10-8-18/h7-12,19H,5-6,13-16H2,1-4H3. The van der Waals surface area contributed by atoms with Crippen LogP contribution in [-0.2, 0) is 6.42 Å². The van der Waals surface area contributed by atoms with Crippen LogP contribution in [0.3, 0.4) is 0 Å². The van der Waals surface area contributed by atoms with Crippen LogP contribution >= 0.6 is 0 Å². The number of carbonyl (C=O) groups is 2. The number of hydrogen-bond acceptors (Lipinski definition) is 4. The fourth-order valence-electron chi connectivity index (χ4n) is 3.89. The number of rotatable bonds is 6. The summed E-state index contributed by atoms with van der Waals surface area (Å²) in [5.41, 5.74) is 2.88. The van der Waals surface area contributed by atoms with Crippen LogP contribution in [0.2, 0.25) is 0 Å². The first-order valence-electron chi connectivity index (χ1n) is 10.5. The van der Waals surface area contributed by atoms with Crippen molar-refractivity contribution in [2.75, 3.05) is 34.3 Å². The molecule has 0 unspecified atom stereocenters. The van der Waals surface area contributed by atoms with Crippen molar-refractivity contribution in [2.45, 2.75) is 32.6 Å². The molecule has 1 aliphatic rings. The lowest BCUT2D eigenvalue weighted by atomic mass is 9.90. The first-order chi connectivity index (χ1) is 14.4. The summed E-state index contributed by atoms with van der Waals surface area (Å²) >= 11 is 0. The van der Waals surface area contributed by atoms with E-state index in [4.69, 9.17) is 4.74 Å². The van der Waals surface area contributed by atoms with Crippen molar-refractivity contribution in [1.29, 1.82) is 0 Å². The van der Waals surface area contributed by atoms with Crippen LogP contribution in [0.15, 0.2) is 36.4 Å². The Kier molecular flexibility index (Phi) is 7.08. The Morgan fingerprint density at radius 2 is 1.77 bits per heavy atom. The zero-order chi connectivity index (χ0) is 21.7. The minimum atomic E-state index is -0.158. The molecule has 6 nitrogen and oxygen atoms in total. The Bertz CT molecular complexity index is 885. The summed E-state index contributed by atoms with van der Waals surface area (Å²) < 4.78 is 5.21. The minimum absolute atomic E-state index is 0.0115. The van der Waals surface area contributed by atoms with E-state index >= 15 is 0 Å². The van der Waals surface area contributed by atoms with Crippen molar-refractivity contribution in [3.05, 3.63) is 58.9 Å².